The second-order valence-electron chi connectivity index (χ2n) is 3.70. The predicted molar refractivity (Wildman–Crippen MR) is 59.7 cm³/mol. The number of rotatable bonds is 7. The summed E-state index contributed by atoms with van der Waals surface area (Å²) in [5, 5.41) is 3.40. The second kappa shape index (κ2) is 6.87. The number of allylic oxidation sites excluding steroid dienone is 1. The lowest BCUT2D eigenvalue weighted by atomic mass is 10.1. The zero-order chi connectivity index (χ0) is 10.2. The second-order valence-corrected chi connectivity index (χ2v) is 3.70. The molecular formula is C11H22N2. The molecule has 0 fully saturated rings. The molecule has 0 saturated carbocycles. The van der Waals surface area contributed by atoms with E-state index < -0.39 is 0 Å². The normalized spacial score (nSPS) is 12.2. The third-order valence-corrected chi connectivity index (χ3v) is 1.94. The smallest absolute Gasteiger partial charge is 0.0304 e. The molecule has 0 aromatic carbocycles. The first kappa shape index (κ1) is 12.4. The van der Waals surface area contributed by atoms with Crippen molar-refractivity contribution in [2.45, 2.75) is 32.2 Å². The molecule has 2 heteroatoms. The predicted octanol–water partition coefficient (Wildman–Crippen LogP) is 1.84. The van der Waals surface area contributed by atoms with Crippen LogP contribution in [0.4, 0.5) is 0 Å². The average molecular weight is 182 g/mol. The lowest BCUT2D eigenvalue weighted by Crippen LogP contribution is -2.37. The van der Waals surface area contributed by atoms with E-state index in [2.05, 4.69) is 31.8 Å². The Hall–Kier alpha value is -0.600. The molecule has 0 aromatic rings. The molecule has 3 N–H and O–H groups in total. The summed E-state index contributed by atoms with van der Waals surface area (Å²) >= 11 is 0. The van der Waals surface area contributed by atoms with Crippen molar-refractivity contribution in [2.24, 2.45) is 5.73 Å². The van der Waals surface area contributed by atoms with E-state index in [1.165, 1.54) is 0 Å². The number of nitrogens with one attached hydrogen (secondary N) is 1. The van der Waals surface area contributed by atoms with E-state index in [0.717, 1.165) is 19.4 Å². The SMILES string of the molecule is C=CC(C)(C)NCCC/C=C/CN. The highest BCUT2D eigenvalue weighted by molar-refractivity contribution is 4.95. The Kier molecular flexibility index (Phi) is 6.55. The summed E-state index contributed by atoms with van der Waals surface area (Å²) in [7, 11) is 0. The van der Waals surface area contributed by atoms with Crippen molar-refractivity contribution in [3.8, 4) is 0 Å². The fraction of sp³-hybridized carbons (Fsp3) is 0.636. The van der Waals surface area contributed by atoms with Crippen LogP contribution in [-0.2, 0) is 0 Å². The number of hydrogen-bond acceptors (Lipinski definition) is 2. The van der Waals surface area contributed by atoms with E-state index in [9.17, 15) is 0 Å². The van der Waals surface area contributed by atoms with Crippen LogP contribution in [0.15, 0.2) is 24.8 Å². The molecule has 0 saturated heterocycles. The number of hydrogen-bond donors (Lipinski definition) is 2. The molecule has 13 heavy (non-hydrogen) atoms. The highest BCUT2D eigenvalue weighted by Gasteiger charge is 2.09. The largest absolute Gasteiger partial charge is 0.327 e. The Labute approximate surface area is 81.9 Å². The minimum absolute atomic E-state index is 0.0532. The monoisotopic (exact) mass is 182 g/mol. The fourth-order valence-electron chi connectivity index (χ4n) is 0.917. The molecule has 0 aliphatic heterocycles. The van der Waals surface area contributed by atoms with Crippen LogP contribution in [0.25, 0.3) is 0 Å². The summed E-state index contributed by atoms with van der Waals surface area (Å²) in [6.07, 6.45) is 8.30. The summed E-state index contributed by atoms with van der Waals surface area (Å²) in [6, 6.07) is 0. The van der Waals surface area contributed by atoms with Crippen LogP contribution in [0.5, 0.6) is 0 Å². The van der Waals surface area contributed by atoms with E-state index in [1.54, 1.807) is 0 Å². The van der Waals surface area contributed by atoms with Gasteiger partial charge in [0.05, 0.1) is 0 Å². The standard InChI is InChI=1S/C11H22N2/c1-4-11(2,3)13-10-8-6-5-7-9-12/h4-5,7,13H,1,6,8-10,12H2,2-3H3/b7-5+. The molecule has 2 nitrogen and oxygen atoms in total. The van der Waals surface area contributed by atoms with Crippen molar-refractivity contribution in [3.05, 3.63) is 24.8 Å². The average Bonchev–Trinajstić information content (AvgIpc) is 2.11. The first-order chi connectivity index (χ1) is 6.12. The number of unbranched alkanes of at least 4 members (excludes halogenated alkanes) is 1. The Morgan fingerprint density at radius 3 is 2.62 bits per heavy atom. The van der Waals surface area contributed by atoms with E-state index in [0.29, 0.717) is 6.54 Å². The summed E-state index contributed by atoms with van der Waals surface area (Å²) < 4.78 is 0. The van der Waals surface area contributed by atoms with Gasteiger partial charge in [-0.15, -0.1) is 6.58 Å². The van der Waals surface area contributed by atoms with Crippen LogP contribution < -0.4 is 11.1 Å². The van der Waals surface area contributed by atoms with Crippen LogP contribution in [-0.4, -0.2) is 18.6 Å². The van der Waals surface area contributed by atoms with Gasteiger partial charge in [-0.05, 0) is 33.2 Å². The van der Waals surface area contributed by atoms with Crippen LogP contribution >= 0.6 is 0 Å². The highest BCUT2D eigenvalue weighted by atomic mass is 14.9. The highest BCUT2D eigenvalue weighted by Crippen LogP contribution is 2.02. The van der Waals surface area contributed by atoms with Crippen molar-refractivity contribution in [2.75, 3.05) is 13.1 Å². The van der Waals surface area contributed by atoms with Gasteiger partial charge in [0.2, 0.25) is 0 Å². The van der Waals surface area contributed by atoms with Crippen molar-refractivity contribution in [3.63, 3.8) is 0 Å². The molecule has 0 bridgehead atoms. The topological polar surface area (TPSA) is 38.0 Å². The maximum Gasteiger partial charge on any atom is 0.0304 e. The van der Waals surface area contributed by atoms with Crippen molar-refractivity contribution in [1.82, 2.24) is 5.32 Å². The van der Waals surface area contributed by atoms with Gasteiger partial charge in [0, 0.05) is 12.1 Å². The molecular weight excluding hydrogens is 160 g/mol. The van der Waals surface area contributed by atoms with Gasteiger partial charge in [-0.3, -0.25) is 0 Å². The van der Waals surface area contributed by atoms with Gasteiger partial charge in [-0.25, -0.2) is 0 Å². The van der Waals surface area contributed by atoms with Gasteiger partial charge in [-0.2, -0.15) is 0 Å². The fourth-order valence-corrected chi connectivity index (χ4v) is 0.917. The molecule has 0 aromatic heterocycles. The Morgan fingerprint density at radius 1 is 1.38 bits per heavy atom. The van der Waals surface area contributed by atoms with E-state index >= 15 is 0 Å². The van der Waals surface area contributed by atoms with E-state index in [-0.39, 0.29) is 5.54 Å². The third-order valence-electron chi connectivity index (χ3n) is 1.94. The first-order valence-electron chi connectivity index (χ1n) is 4.86. The summed E-state index contributed by atoms with van der Waals surface area (Å²) in [4.78, 5) is 0. The third kappa shape index (κ3) is 7.75. The molecule has 0 spiro atoms. The van der Waals surface area contributed by atoms with Gasteiger partial charge in [0.25, 0.3) is 0 Å². The van der Waals surface area contributed by atoms with Crippen molar-refractivity contribution >= 4 is 0 Å². The maximum absolute atomic E-state index is 5.32. The quantitative estimate of drug-likeness (QED) is 0.466. The lowest BCUT2D eigenvalue weighted by Gasteiger charge is -2.21. The molecule has 0 rings (SSSR count). The van der Waals surface area contributed by atoms with Crippen LogP contribution in [0.2, 0.25) is 0 Å². The number of nitrogens with two attached hydrogens (primary N) is 1. The van der Waals surface area contributed by atoms with Crippen LogP contribution in [0.3, 0.4) is 0 Å². The van der Waals surface area contributed by atoms with E-state index in [4.69, 9.17) is 5.73 Å². The Balaban J connectivity index is 3.35. The molecule has 76 valence electrons. The zero-order valence-electron chi connectivity index (χ0n) is 8.84. The van der Waals surface area contributed by atoms with Crippen LogP contribution in [0.1, 0.15) is 26.7 Å². The Morgan fingerprint density at radius 2 is 2.08 bits per heavy atom. The summed E-state index contributed by atoms with van der Waals surface area (Å²) in [5.41, 5.74) is 5.37. The minimum Gasteiger partial charge on any atom is -0.327 e. The molecule has 0 radical (unpaired) electrons. The first-order valence-corrected chi connectivity index (χ1v) is 4.86. The van der Waals surface area contributed by atoms with Gasteiger partial charge in [0.15, 0.2) is 0 Å². The van der Waals surface area contributed by atoms with Crippen LogP contribution in [0, 0.1) is 0 Å². The molecule has 0 aliphatic carbocycles. The maximum atomic E-state index is 5.32. The molecule has 0 atom stereocenters. The molecule has 0 amide bonds. The van der Waals surface area contributed by atoms with Gasteiger partial charge < -0.3 is 11.1 Å². The van der Waals surface area contributed by atoms with Crippen molar-refractivity contribution in [1.29, 1.82) is 0 Å². The van der Waals surface area contributed by atoms with E-state index in [1.807, 2.05) is 12.2 Å². The lowest BCUT2D eigenvalue weighted by molar-refractivity contribution is 0.471. The Bertz CT molecular complexity index is 159. The van der Waals surface area contributed by atoms with Gasteiger partial charge in [-0.1, -0.05) is 18.2 Å². The van der Waals surface area contributed by atoms with Gasteiger partial charge >= 0.3 is 0 Å². The molecule has 0 unspecified atom stereocenters. The molecule has 0 heterocycles. The summed E-state index contributed by atoms with van der Waals surface area (Å²) in [6.45, 7) is 9.68. The zero-order valence-corrected chi connectivity index (χ0v) is 8.84. The molecule has 0 aliphatic rings. The van der Waals surface area contributed by atoms with Gasteiger partial charge in [0.1, 0.15) is 0 Å². The van der Waals surface area contributed by atoms with Crippen molar-refractivity contribution < 1.29 is 0 Å². The summed E-state index contributed by atoms with van der Waals surface area (Å²) in [5.74, 6) is 0. The minimum atomic E-state index is 0.0532.